The summed E-state index contributed by atoms with van der Waals surface area (Å²) < 4.78 is 30.0. The number of benzene rings is 4. The average Bonchev–Trinajstić information content (AvgIpc) is 3.00. The molecule has 0 heterocycles. The summed E-state index contributed by atoms with van der Waals surface area (Å²) in [4.78, 5) is 29.4. The molecule has 4 rings (SSSR count). The summed E-state index contributed by atoms with van der Waals surface area (Å²) in [6, 6.07) is 26.7. The van der Waals surface area contributed by atoms with Crippen LogP contribution >= 0.6 is 39.1 Å². The Balaban J connectivity index is 1.83. The van der Waals surface area contributed by atoms with Crippen LogP contribution in [-0.2, 0) is 32.6 Å². The van der Waals surface area contributed by atoms with Crippen molar-refractivity contribution < 1.29 is 18.0 Å². The summed E-state index contributed by atoms with van der Waals surface area (Å²) in [5, 5.41) is 2.97. The predicted octanol–water partition coefficient (Wildman–Crippen LogP) is 7.04. The maximum Gasteiger partial charge on any atom is 0.264 e. The fraction of sp³-hybridized carbons (Fsp3) is 0.212. The lowest BCUT2D eigenvalue weighted by Gasteiger charge is -2.34. The van der Waals surface area contributed by atoms with Gasteiger partial charge >= 0.3 is 0 Å². The van der Waals surface area contributed by atoms with Gasteiger partial charge in [-0.05, 0) is 61.4 Å². The molecule has 1 unspecified atom stereocenters. The Kier molecular flexibility index (Phi) is 11.5. The van der Waals surface area contributed by atoms with Gasteiger partial charge in [-0.25, -0.2) is 8.42 Å². The molecule has 0 radical (unpaired) electrons. The molecule has 7 nitrogen and oxygen atoms in total. The Labute approximate surface area is 277 Å². The van der Waals surface area contributed by atoms with E-state index in [1.165, 1.54) is 29.2 Å². The molecule has 4 aromatic rings. The summed E-state index contributed by atoms with van der Waals surface area (Å²) in [6.45, 7) is 3.42. The lowest BCUT2D eigenvalue weighted by atomic mass is 10.0. The maximum absolute atomic E-state index is 14.4. The van der Waals surface area contributed by atoms with Crippen LogP contribution in [0.5, 0.6) is 0 Å². The van der Waals surface area contributed by atoms with Crippen LogP contribution in [0.2, 0.25) is 10.0 Å². The molecule has 11 heteroatoms. The number of likely N-dealkylation sites (N-methyl/N-ethyl adjacent to an activating group) is 1. The fourth-order valence-corrected chi connectivity index (χ4v) is 7.03. The second-order valence-corrected chi connectivity index (χ2v) is 13.7. The number of hydrogen-bond acceptors (Lipinski definition) is 4. The molecule has 2 amide bonds. The Morgan fingerprint density at radius 3 is 2.20 bits per heavy atom. The summed E-state index contributed by atoms with van der Waals surface area (Å²) in [5.74, 6) is -0.947. The normalized spacial score (nSPS) is 11.9. The minimum absolute atomic E-state index is 0.0132. The largest absolute Gasteiger partial charge is 0.355 e. The first-order chi connectivity index (χ1) is 21.0. The lowest BCUT2D eigenvalue weighted by molar-refractivity contribution is -0.140. The Morgan fingerprint density at radius 1 is 0.886 bits per heavy atom. The van der Waals surface area contributed by atoms with Crippen molar-refractivity contribution in [1.29, 1.82) is 0 Å². The zero-order chi connectivity index (χ0) is 31.9. The highest BCUT2D eigenvalue weighted by Crippen LogP contribution is 2.35. The van der Waals surface area contributed by atoms with Crippen LogP contribution in [0, 0.1) is 6.92 Å². The molecule has 0 saturated heterocycles. The first kappa shape index (κ1) is 33.5. The van der Waals surface area contributed by atoms with Crippen molar-refractivity contribution in [2.75, 3.05) is 17.4 Å². The molecule has 0 fully saturated rings. The molecule has 1 N–H and O–H groups in total. The number of nitrogens with zero attached hydrogens (tertiary/aromatic N) is 2. The molecule has 0 aromatic heterocycles. The van der Waals surface area contributed by atoms with Crippen LogP contribution in [0.25, 0.3) is 0 Å². The van der Waals surface area contributed by atoms with Gasteiger partial charge in [0.25, 0.3) is 10.0 Å². The van der Waals surface area contributed by atoms with Crippen molar-refractivity contribution in [3.8, 4) is 0 Å². The van der Waals surface area contributed by atoms with Crippen molar-refractivity contribution in [2.24, 2.45) is 0 Å². The molecule has 0 aliphatic heterocycles. The van der Waals surface area contributed by atoms with Crippen molar-refractivity contribution in [2.45, 2.75) is 37.8 Å². The third kappa shape index (κ3) is 8.21. The van der Waals surface area contributed by atoms with E-state index in [1.807, 2.05) is 61.5 Å². The van der Waals surface area contributed by atoms with Crippen molar-refractivity contribution in [3.63, 3.8) is 0 Å². The topological polar surface area (TPSA) is 86.8 Å². The van der Waals surface area contributed by atoms with Crippen molar-refractivity contribution in [3.05, 3.63) is 128 Å². The van der Waals surface area contributed by atoms with Crippen LogP contribution in [0.3, 0.4) is 0 Å². The van der Waals surface area contributed by atoms with Crippen LogP contribution in [0.4, 0.5) is 5.69 Å². The number of anilines is 1. The van der Waals surface area contributed by atoms with E-state index in [2.05, 4.69) is 21.2 Å². The third-order valence-corrected chi connectivity index (χ3v) is 10.0. The smallest absolute Gasteiger partial charge is 0.264 e. The molecular formula is C33H32BrCl2N3O4S. The second-order valence-electron chi connectivity index (χ2n) is 10.1. The van der Waals surface area contributed by atoms with E-state index in [0.29, 0.717) is 6.54 Å². The maximum atomic E-state index is 14.4. The Hall–Kier alpha value is -3.37. The number of aryl methyl sites for hydroxylation is 1. The van der Waals surface area contributed by atoms with Crippen LogP contribution in [-0.4, -0.2) is 44.3 Å². The third-order valence-electron chi connectivity index (χ3n) is 6.95. The summed E-state index contributed by atoms with van der Waals surface area (Å²) >= 11 is 16.3. The predicted molar refractivity (Wildman–Crippen MR) is 179 cm³/mol. The molecule has 44 heavy (non-hydrogen) atoms. The van der Waals surface area contributed by atoms with E-state index in [1.54, 1.807) is 25.1 Å². The van der Waals surface area contributed by atoms with Gasteiger partial charge in [-0.15, -0.1) is 0 Å². The van der Waals surface area contributed by atoms with Crippen LogP contribution in [0.15, 0.2) is 106 Å². The van der Waals surface area contributed by atoms with Gasteiger partial charge < -0.3 is 10.2 Å². The van der Waals surface area contributed by atoms with Gasteiger partial charge in [0.15, 0.2) is 0 Å². The Bertz CT molecular complexity index is 1720. The van der Waals surface area contributed by atoms with E-state index in [9.17, 15) is 18.0 Å². The highest BCUT2D eigenvalue weighted by molar-refractivity contribution is 9.10. The van der Waals surface area contributed by atoms with Gasteiger partial charge in [0.1, 0.15) is 12.6 Å². The molecule has 0 spiro atoms. The molecule has 4 aromatic carbocycles. The van der Waals surface area contributed by atoms with Crippen LogP contribution < -0.4 is 9.62 Å². The number of halogens is 3. The van der Waals surface area contributed by atoms with Gasteiger partial charge in [-0.1, -0.05) is 105 Å². The quantitative estimate of drug-likeness (QED) is 0.171. The van der Waals surface area contributed by atoms with E-state index < -0.39 is 28.5 Å². The second kappa shape index (κ2) is 15.1. The molecule has 0 aliphatic rings. The molecule has 1 atom stereocenters. The molecule has 0 bridgehead atoms. The van der Waals surface area contributed by atoms with E-state index in [4.69, 9.17) is 23.2 Å². The van der Waals surface area contributed by atoms with Crippen LogP contribution in [0.1, 0.15) is 23.6 Å². The minimum Gasteiger partial charge on any atom is -0.355 e. The number of rotatable bonds is 12. The monoisotopic (exact) mass is 715 g/mol. The van der Waals surface area contributed by atoms with E-state index in [0.717, 1.165) is 25.5 Å². The first-order valence-electron chi connectivity index (χ1n) is 13.9. The van der Waals surface area contributed by atoms with Crippen molar-refractivity contribution >= 4 is 66.7 Å². The SMILES string of the molecule is CCNC(=O)C(Cc1ccccc1)N(Cc1cccc(Br)c1)C(=O)CN(c1cccc(Cl)c1Cl)S(=O)(=O)c1ccc(C)cc1. The van der Waals surface area contributed by atoms with Gasteiger partial charge in [0.2, 0.25) is 11.8 Å². The van der Waals surface area contributed by atoms with E-state index >= 15 is 0 Å². The molecule has 0 aliphatic carbocycles. The minimum atomic E-state index is -4.30. The lowest BCUT2D eigenvalue weighted by Crippen LogP contribution is -2.53. The van der Waals surface area contributed by atoms with Gasteiger partial charge in [-0.2, -0.15) is 0 Å². The average molecular weight is 718 g/mol. The fourth-order valence-electron chi connectivity index (χ4n) is 4.71. The number of carbonyl (C=O) groups is 2. The molecule has 230 valence electrons. The van der Waals surface area contributed by atoms with Gasteiger partial charge in [0, 0.05) is 24.0 Å². The summed E-state index contributed by atoms with van der Waals surface area (Å²) in [6.07, 6.45) is 0.217. The first-order valence-corrected chi connectivity index (χ1v) is 16.9. The number of nitrogens with one attached hydrogen (secondary N) is 1. The van der Waals surface area contributed by atoms with Gasteiger partial charge in [0.05, 0.1) is 20.6 Å². The standard InChI is InChI=1S/C33H32BrCl2N3O4S/c1-3-37-33(41)30(20-24-9-5-4-6-10-24)38(21-25-11-7-12-26(34)19-25)31(40)22-39(29-14-8-13-28(35)32(29)36)44(42,43)27-17-15-23(2)16-18-27/h4-19,30H,3,20-22H2,1-2H3,(H,37,41). The Morgan fingerprint density at radius 2 is 1.55 bits per heavy atom. The molecule has 0 saturated carbocycles. The highest BCUT2D eigenvalue weighted by Gasteiger charge is 2.35. The van der Waals surface area contributed by atoms with E-state index in [-0.39, 0.29) is 39.5 Å². The zero-order valence-corrected chi connectivity index (χ0v) is 28.1. The van der Waals surface area contributed by atoms with Gasteiger partial charge in [-0.3, -0.25) is 13.9 Å². The molecular weight excluding hydrogens is 685 g/mol. The zero-order valence-electron chi connectivity index (χ0n) is 24.2. The highest BCUT2D eigenvalue weighted by atomic mass is 79.9. The summed E-state index contributed by atoms with van der Waals surface area (Å²) in [5.41, 5.74) is 2.52. The number of hydrogen-bond donors (Lipinski definition) is 1. The summed E-state index contributed by atoms with van der Waals surface area (Å²) in [7, 11) is -4.30. The van der Waals surface area contributed by atoms with Crippen molar-refractivity contribution in [1.82, 2.24) is 10.2 Å². The number of sulfonamides is 1. The number of carbonyl (C=O) groups excluding carboxylic acids is 2. The number of amides is 2.